The van der Waals surface area contributed by atoms with Crippen LogP contribution in [0, 0.1) is 0 Å². The lowest BCUT2D eigenvalue weighted by atomic mass is 10.3. The highest BCUT2D eigenvalue weighted by Gasteiger charge is 2.11. The monoisotopic (exact) mass is 365 g/mol. The second-order valence-corrected chi connectivity index (χ2v) is 5.68. The number of hydrogen-bond acceptors (Lipinski definition) is 4. The lowest BCUT2D eigenvalue weighted by molar-refractivity contribution is -0.120. The average molecular weight is 366 g/mol. The molecule has 0 saturated carbocycles. The second-order valence-electron chi connectivity index (χ2n) is 4.76. The molecule has 22 heavy (non-hydrogen) atoms. The Hall–Kier alpha value is -2.12. The predicted octanol–water partition coefficient (Wildman–Crippen LogP) is 2.82. The number of hydrogen-bond donors (Lipinski definition) is 2. The zero-order chi connectivity index (χ0) is 15.9. The van der Waals surface area contributed by atoms with E-state index in [0.717, 1.165) is 10.2 Å². The smallest absolute Gasteiger partial charge is 0.325 e. The Bertz CT molecular complexity index is 626. The number of carbonyl (C=O) groups excluding carboxylic acids is 2. The van der Waals surface area contributed by atoms with Gasteiger partial charge in [0.2, 0.25) is 5.91 Å². The van der Waals surface area contributed by atoms with Crippen molar-refractivity contribution in [3.63, 3.8) is 0 Å². The van der Waals surface area contributed by atoms with Crippen LogP contribution in [0.4, 0.5) is 10.5 Å². The van der Waals surface area contributed by atoms with Gasteiger partial charge in [-0.2, -0.15) is 0 Å². The van der Waals surface area contributed by atoms with Crippen LogP contribution < -0.4 is 10.6 Å². The molecule has 0 radical (unpaired) electrons. The number of halogens is 1. The summed E-state index contributed by atoms with van der Waals surface area (Å²) in [6, 6.07) is 10.1. The van der Waals surface area contributed by atoms with Gasteiger partial charge in [-0.1, -0.05) is 15.9 Å². The highest BCUT2D eigenvalue weighted by atomic mass is 79.9. The van der Waals surface area contributed by atoms with Gasteiger partial charge in [-0.25, -0.2) is 4.79 Å². The first-order chi connectivity index (χ1) is 10.5. The van der Waals surface area contributed by atoms with E-state index in [1.807, 2.05) is 6.07 Å². The number of likely N-dealkylation sites (N-methyl/N-ethyl adjacent to an activating group) is 1. The normalized spacial score (nSPS) is 10.5. The summed E-state index contributed by atoms with van der Waals surface area (Å²) in [5, 5.41) is 4.87. The van der Waals surface area contributed by atoms with E-state index in [2.05, 4.69) is 26.6 Å². The number of anilines is 1. The van der Waals surface area contributed by atoms with Crippen LogP contribution in [-0.2, 0) is 11.3 Å². The van der Waals surface area contributed by atoms with E-state index < -0.39 is 6.03 Å². The molecular weight excluding hydrogens is 350 g/mol. The number of urea groups is 1. The summed E-state index contributed by atoms with van der Waals surface area (Å²) < 4.78 is 6.11. The van der Waals surface area contributed by atoms with Gasteiger partial charge in [-0.15, -0.1) is 0 Å². The Balaban J connectivity index is 1.76. The maximum Gasteiger partial charge on any atom is 0.325 e. The maximum absolute atomic E-state index is 11.8. The van der Waals surface area contributed by atoms with Gasteiger partial charge in [0.1, 0.15) is 5.76 Å². The molecule has 0 fully saturated rings. The molecule has 0 unspecified atom stereocenters. The second kappa shape index (κ2) is 7.77. The lowest BCUT2D eigenvalue weighted by Crippen LogP contribution is -2.40. The first kappa shape index (κ1) is 16.3. The van der Waals surface area contributed by atoms with Crippen LogP contribution >= 0.6 is 15.9 Å². The molecule has 1 aromatic carbocycles. The minimum Gasteiger partial charge on any atom is -0.468 e. The Morgan fingerprint density at radius 1 is 1.23 bits per heavy atom. The number of amides is 3. The van der Waals surface area contributed by atoms with Crippen molar-refractivity contribution in [3.8, 4) is 0 Å². The minimum absolute atomic E-state index is 0.0917. The summed E-state index contributed by atoms with van der Waals surface area (Å²) in [6.07, 6.45) is 1.58. The van der Waals surface area contributed by atoms with Crippen molar-refractivity contribution >= 4 is 33.6 Å². The van der Waals surface area contributed by atoms with Crippen LogP contribution in [0.2, 0.25) is 0 Å². The number of carbonyl (C=O) groups is 2. The molecule has 2 rings (SSSR count). The van der Waals surface area contributed by atoms with Crippen molar-refractivity contribution in [3.05, 3.63) is 52.9 Å². The zero-order valence-electron chi connectivity index (χ0n) is 12.0. The van der Waals surface area contributed by atoms with Crippen LogP contribution in [0.3, 0.4) is 0 Å². The Morgan fingerprint density at radius 3 is 2.59 bits per heavy atom. The molecule has 0 bridgehead atoms. The van der Waals surface area contributed by atoms with Crippen molar-refractivity contribution in [2.45, 2.75) is 6.54 Å². The van der Waals surface area contributed by atoms with Crippen LogP contribution in [0.15, 0.2) is 51.6 Å². The summed E-state index contributed by atoms with van der Waals surface area (Å²) in [5.41, 5.74) is 0.609. The Morgan fingerprint density at radius 2 is 1.95 bits per heavy atom. The van der Waals surface area contributed by atoms with E-state index >= 15 is 0 Å². The summed E-state index contributed by atoms with van der Waals surface area (Å²) in [6.45, 7) is 0.587. The molecule has 0 aliphatic rings. The van der Waals surface area contributed by atoms with E-state index in [4.69, 9.17) is 4.42 Å². The number of nitrogens with one attached hydrogen (secondary N) is 2. The van der Waals surface area contributed by atoms with Crippen molar-refractivity contribution in [1.82, 2.24) is 10.2 Å². The predicted molar refractivity (Wildman–Crippen MR) is 86.3 cm³/mol. The number of rotatable bonds is 5. The lowest BCUT2D eigenvalue weighted by Gasteiger charge is -2.14. The van der Waals surface area contributed by atoms with Gasteiger partial charge in [-0.3, -0.25) is 15.0 Å². The fraction of sp³-hybridized carbons (Fsp3) is 0.200. The highest BCUT2D eigenvalue weighted by molar-refractivity contribution is 9.10. The third-order valence-electron chi connectivity index (χ3n) is 2.77. The van der Waals surface area contributed by atoms with Crippen LogP contribution in [-0.4, -0.2) is 30.4 Å². The topological polar surface area (TPSA) is 74.6 Å². The van der Waals surface area contributed by atoms with Crippen molar-refractivity contribution in [2.75, 3.05) is 18.9 Å². The molecule has 116 valence electrons. The number of furan rings is 1. The number of benzene rings is 1. The molecular formula is C15H16BrN3O3. The van der Waals surface area contributed by atoms with Gasteiger partial charge < -0.3 is 9.73 Å². The van der Waals surface area contributed by atoms with Gasteiger partial charge in [0, 0.05) is 10.2 Å². The molecule has 1 aromatic heterocycles. The SMILES string of the molecule is CN(CC(=O)NC(=O)Nc1ccc(Br)cc1)Cc1ccco1. The third-order valence-corrected chi connectivity index (χ3v) is 3.30. The largest absolute Gasteiger partial charge is 0.468 e. The zero-order valence-corrected chi connectivity index (χ0v) is 13.6. The fourth-order valence-electron chi connectivity index (χ4n) is 1.83. The molecule has 3 amide bonds. The van der Waals surface area contributed by atoms with E-state index in [1.54, 1.807) is 48.5 Å². The van der Waals surface area contributed by atoms with Gasteiger partial charge in [0.25, 0.3) is 0 Å². The minimum atomic E-state index is -0.557. The summed E-state index contributed by atoms with van der Waals surface area (Å²) in [7, 11) is 1.77. The summed E-state index contributed by atoms with van der Waals surface area (Å²) in [5.74, 6) is 0.373. The van der Waals surface area contributed by atoms with E-state index in [9.17, 15) is 9.59 Å². The fourth-order valence-corrected chi connectivity index (χ4v) is 2.10. The molecule has 0 aliphatic carbocycles. The summed E-state index contributed by atoms with van der Waals surface area (Å²) >= 11 is 3.31. The van der Waals surface area contributed by atoms with Crippen molar-refractivity contribution in [2.24, 2.45) is 0 Å². The van der Waals surface area contributed by atoms with Crippen molar-refractivity contribution in [1.29, 1.82) is 0 Å². The van der Waals surface area contributed by atoms with Gasteiger partial charge in [-0.05, 0) is 43.4 Å². The molecule has 0 spiro atoms. The Kier molecular flexibility index (Phi) is 5.74. The first-order valence-corrected chi connectivity index (χ1v) is 7.39. The maximum atomic E-state index is 11.8. The average Bonchev–Trinajstić information content (AvgIpc) is 2.93. The molecule has 2 aromatic rings. The quantitative estimate of drug-likeness (QED) is 0.854. The van der Waals surface area contributed by atoms with Gasteiger partial charge in [0.05, 0.1) is 19.4 Å². The van der Waals surface area contributed by atoms with E-state index in [1.165, 1.54) is 0 Å². The van der Waals surface area contributed by atoms with E-state index in [-0.39, 0.29) is 12.5 Å². The van der Waals surface area contributed by atoms with Crippen LogP contribution in [0.5, 0.6) is 0 Å². The molecule has 7 heteroatoms. The molecule has 0 atom stereocenters. The number of imide groups is 1. The molecule has 0 aliphatic heterocycles. The number of nitrogens with zero attached hydrogens (tertiary/aromatic N) is 1. The van der Waals surface area contributed by atoms with Gasteiger partial charge in [0.15, 0.2) is 0 Å². The van der Waals surface area contributed by atoms with Crippen molar-refractivity contribution < 1.29 is 14.0 Å². The molecule has 6 nitrogen and oxygen atoms in total. The summed E-state index contributed by atoms with van der Waals surface area (Å²) in [4.78, 5) is 25.3. The highest BCUT2D eigenvalue weighted by Crippen LogP contribution is 2.13. The first-order valence-electron chi connectivity index (χ1n) is 6.60. The third kappa shape index (κ3) is 5.34. The standard InChI is InChI=1S/C15H16BrN3O3/c1-19(9-13-3-2-8-22-13)10-14(20)18-15(21)17-12-6-4-11(16)5-7-12/h2-8H,9-10H2,1H3,(H2,17,18,20,21). The molecule has 2 N–H and O–H groups in total. The van der Waals surface area contributed by atoms with Crippen LogP contribution in [0.25, 0.3) is 0 Å². The van der Waals surface area contributed by atoms with E-state index in [0.29, 0.717) is 12.2 Å². The molecule has 0 saturated heterocycles. The van der Waals surface area contributed by atoms with Gasteiger partial charge >= 0.3 is 6.03 Å². The van der Waals surface area contributed by atoms with Crippen LogP contribution in [0.1, 0.15) is 5.76 Å². The molecule has 1 heterocycles. The Labute approximate surface area is 136 Å².